The molecule has 1 aromatic heterocycles. The van der Waals surface area contributed by atoms with Gasteiger partial charge >= 0.3 is 5.97 Å². The molecule has 132 valence electrons. The van der Waals surface area contributed by atoms with Gasteiger partial charge in [-0.15, -0.1) is 0 Å². The Kier molecular flexibility index (Phi) is 6.38. The molecule has 0 amide bonds. The van der Waals surface area contributed by atoms with Crippen molar-refractivity contribution in [2.45, 2.75) is 5.16 Å². The number of nitrogens with one attached hydrogen (secondary N) is 1. The predicted octanol–water partition coefficient (Wildman–Crippen LogP) is 3.54. The van der Waals surface area contributed by atoms with Crippen LogP contribution in [0.25, 0.3) is 11.0 Å². The number of aromatic amines is 1. The third-order valence-electron chi connectivity index (χ3n) is 2.92. The molecule has 1 heterocycles. The number of fused-ring (bicyclic) bond motifs is 1. The van der Waals surface area contributed by atoms with Crippen molar-refractivity contribution in [2.75, 3.05) is 6.26 Å². The van der Waals surface area contributed by atoms with E-state index in [2.05, 4.69) is 37.4 Å². The Labute approximate surface area is 162 Å². The molecule has 0 bridgehead atoms. The summed E-state index contributed by atoms with van der Waals surface area (Å²) in [5.41, 5.74) is 1.64. The van der Waals surface area contributed by atoms with Crippen molar-refractivity contribution in [3.8, 4) is 0 Å². The normalized spacial score (nSPS) is 10.9. The van der Waals surface area contributed by atoms with Gasteiger partial charge in [0.05, 0.1) is 16.6 Å². The number of hydrogen-bond acceptors (Lipinski definition) is 6. The zero-order valence-electron chi connectivity index (χ0n) is 12.7. The van der Waals surface area contributed by atoms with E-state index in [0.717, 1.165) is 15.3 Å². The van der Waals surface area contributed by atoms with Crippen LogP contribution in [0.4, 0.5) is 0 Å². The highest BCUT2D eigenvalue weighted by atomic mass is 127. The van der Waals surface area contributed by atoms with Crippen molar-refractivity contribution in [3.63, 3.8) is 0 Å². The number of imidazole rings is 1. The lowest BCUT2D eigenvalue weighted by molar-refractivity contribution is -0.182. The van der Waals surface area contributed by atoms with Gasteiger partial charge in [-0.25, -0.2) is 18.2 Å². The van der Waals surface area contributed by atoms with Crippen molar-refractivity contribution in [1.82, 2.24) is 9.97 Å². The average molecular weight is 495 g/mol. The summed E-state index contributed by atoms with van der Waals surface area (Å²) in [7, 11) is -3.25. The van der Waals surface area contributed by atoms with Gasteiger partial charge in [-0.3, -0.25) is 4.89 Å². The zero-order chi connectivity index (χ0) is 18.6. The van der Waals surface area contributed by atoms with E-state index in [1.165, 1.54) is 12.1 Å². The van der Waals surface area contributed by atoms with E-state index in [0.29, 0.717) is 10.5 Å². The summed E-state index contributed by atoms with van der Waals surface area (Å²) in [6, 6.07) is 11.6. The first-order chi connectivity index (χ1) is 11.7. The summed E-state index contributed by atoms with van der Waals surface area (Å²) < 4.78 is 23.4. The molecule has 0 aliphatic rings. The summed E-state index contributed by atoms with van der Waals surface area (Å²) in [6.45, 7) is 0. The Bertz CT molecular complexity index is 1020. The molecule has 0 fully saturated rings. The van der Waals surface area contributed by atoms with Crippen LogP contribution >= 0.6 is 34.2 Å². The number of H-pyrrole nitrogens is 1. The second-order valence-corrected chi connectivity index (χ2v) is 8.48. The molecule has 0 spiro atoms. The Morgan fingerprint density at radius 1 is 1.28 bits per heavy atom. The quantitative estimate of drug-likeness (QED) is 0.320. The van der Waals surface area contributed by atoms with E-state index < -0.39 is 15.8 Å². The number of benzene rings is 2. The molecule has 10 heteroatoms. The van der Waals surface area contributed by atoms with Gasteiger partial charge in [-0.2, -0.15) is 5.26 Å². The Hall–Kier alpha value is -1.69. The minimum absolute atomic E-state index is 0.0227. The molecular formula is C15H12ClIN2O5S. The van der Waals surface area contributed by atoms with Crippen LogP contribution < -0.4 is 0 Å². The molecule has 0 unspecified atom stereocenters. The maximum absolute atomic E-state index is 11.2. The molecule has 25 heavy (non-hydrogen) atoms. The number of rotatable bonds is 2. The molecule has 2 N–H and O–H groups in total. The van der Waals surface area contributed by atoms with Crippen LogP contribution in [0, 0.1) is 3.57 Å². The monoisotopic (exact) mass is 494 g/mol. The number of halogens is 2. The second kappa shape index (κ2) is 8.13. The average Bonchev–Trinajstić information content (AvgIpc) is 2.98. The third kappa shape index (κ3) is 5.39. The highest BCUT2D eigenvalue weighted by Gasteiger charge is 2.12. The van der Waals surface area contributed by atoms with Crippen LogP contribution in [0.15, 0.2) is 47.6 Å². The van der Waals surface area contributed by atoms with Crippen molar-refractivity contribution < 1.29 is 23.4 Å². The number of carbonyl (C=O) groups excluding carboxylic acids is 1. The molecule has 0 aliphatic heterocycles. The van der Waals surface area contributed by atoms with Gasteiger partial charge in [-0.05, 0) is 59.0 Å². The van der Waals surface area contributed by atoms with Gasteiger partial charge in [0.25, 0.3) is 0 Å². The van der Waals surface area contributed by atoms with E-state index in [9.17, 15) is 13.2 Å². The minimum atomic E-state index is -3.25. The van der Waals surface area contributed by atoms with Crippen LogP contribution in [-0.4, -0.2) is 35.9 Å². The number of aromatic nitrogens is 2. The maximum Gasteiger partial charge on any atom is 0.372 e. The second-order valence-electron chi connectivity index (χ2n) is 4.86. The Balaban J connectivity index is 0.000000186. The molecular weight excluding hydrogens is 483 g/mol. The van der Waals surface area contributed by atoms with E-state index >= 15 is 0 Å². The van der Waals surface area contributed by atoms with Gasteiger partial charge in [-0.1, -0.05) is 17.7 Å². The molecule has 2 aromatic carbocycles. The van der Waals surface area contributed by atoms with E-state index in [1.807, 2.05) is 12.1 Å². The predicted molar refractivity (Wildman–Crippen MR) is 101 cm³/mol. The minimum Gasteiger partial charge on any atom is -0.329 e. The number of nitrogens with zero attached hydrogens (tertiary/aromatic N) is 1. The molecule has 3 rings (SSSR count). The van der Waals surface area contributed by atoms with Gasteiger partial charge in [0.1, 0.15) is 0 Å². The molecule has 0 saturated heterocycles. The zero-order valence-corrected chi connectivity index (χ0v) is 16.5. The largest absolute Gasteiger partial charge is 0.372 e. The van der Waals surface area contributed by atoms with Gasteiger partial charge in [0, 0.05) is 14.8 Å². The highest BCUT2D eigenvalue weighted by Crippen LogP contribution is 2.17. The van der Waals surface area contributed by atoms with Crippen molar-refractivity contribution in [3.05, 3.63) is 56.6 Å². The van der Waals surface area contributed by atoms with Crippen LogP contribution in [0.5, 0.6) is 0 Å². The number of hydrogen-bond donors (Lipinski definition) is 2. The van der Waals surface area contributed by atoms with Crippen molar-refractivity contribution in [1.29, 1.82) is 0 Å². The third-order valence-corrected chi connectivity index (χ3v) is 4.72. The molecule has 0 saturated carbocycles. The van der Waals surface area contributed by atoms with Crippen LogP contribution in [-0.2, 0) is 14.7 Å². The topological polar surface area (TPSA) is 109 Å². The lowest BCUT2D eigenvalue weighted by Crippen LogP contribution is -2.00. The van der Waals surface area contributed by atoms with E-state index in [-0.39, 0.29) is 10.7 Å². The molecule has 0 atom stereocenters. The Morgan fingerprint density at radius 3 is 2.60 bits per heavy atom. The van der Waals surface area contributed by atoms with Gasteiger partial charge < -0.3 is 4.98 Å². The summed E-state index contributed by atoms with van der Waals surface area (Å²) in [4.78, 5) is 20.9. The van der Waals surface area contributed by atoms with Gasteiger partial charge in [0.2, 0.25) is 15.0 Å². The first-order valence-electron chi connectivity index (χ1n) is 6.67. The summed E-state index contributed by atoms with van der Waals surface area (Å²) in [5.74, 6) is -0.813. The molecule has 0 radical (unpaired) electrons. The standard InChI is InChI=1S/C8H7IN2O2S.C7H5ClO3/c1-14(12,13)8-10-6-3-2-5(9)4-7(6)11-8;8-6-3-1-2-5(4-6)7(9)11-10/h2-4H,1H3,(H,10,11);1-4,10H. The van der Waals surface area contributed by atoms with Crippen molar-refractivity contribution >= 4 is 61.0 Å². The van der Waals surface area contributed by atoms with Gasteiger partial charge in [0.15, 0.2) is 0 Å². The highest BCUT2D eigenvalue weighted by molar-refractivity contribution is 14.1. The number of sulfone groups is 1. The molecule has 0 aliphatic carbocycles. The first kappa shape index (κ1) is 19.6. The fraction of sp³-hybridized carbons (Fsp3) is 0.0667. The molecule has 7 nitrogen and oxygen atoms in total. The van der Waals surface area contributed by atoms with Crippen LogP contribution in [0.1, 0.15) is 10.4 Å². The summed E-state index contributed by atoms with van der Waals surface area (Å²) in [5, 5.41) is 8.43. The first-order valence-corrected chi connectivity index (χ1v) is 10.0. The summed E-state index contributed by atoms with van der Waals surface area (Å²) >= 11 is 7.72. The van der Waals surface area contributed by atoms with Crippen LogP contribution in [0.3, 0.4) is 0 Å². The fourth-order valence-electron chi connectivity index (χ4n) is 1.80. The lowest BCUT2D eigenvalue weighted by atomic mass is 10.2. The van der Waals surface area contributed by atoms with Crippen LogP contribution in [0.2, 0.25) is 5.02 Å². The smallest absolute Gasteiger partial charge is 0.329 e. The Morgan fingerprint density at radius 2 is 2.00 bits per heavy atom. The lowest BCUT2D eigenvalue weighted by Gasteiger charge is -1.95. The number of carbonyl (C=O) groups is 1. The fourth-order valence-corrected chi connectivity index (χ4v) is 3.04. The van der Waals surface area contributed by atoms with E-state index in [4.69, 9.17) is 16.9 Å². The molecule has 3 aromatic rings. The maximum atomic E-state index is 11.2. The SMILES string of the molecule is CS(=O)(=O)c1nc2ccc(I)cc2[nH]1.O=C(OO)c1cccc(Cl)c1. The summed E-state index contributed by atoms with van der Waals surface area (Å²) in [6.07, 6.45) is 1.13. The van der Waals surface area contributed by atoms with Crippen molar-refractivity contribution in [2.24, 2.45) is 0 Å². The van der Waals surface area contributed by atoms with E-state index in [1.54, 1.807) is 18.2 Å².